The zero-order chi connectivity index (χ0) is 20.6. The van der Waals surface area contributed by atoms with Crippen LogP contribution < -0.4 is 20.7 Å². The van der Waals surface area contributed by atoms with E-state index in [2.05, 4.69) is 25.9 Å². The van der Waals surface area contributed by atoms with Crippen LogP contribution in [0.2, 0.25) is 0 Å². The number of methoxy groups -OCH3 is 1. The Morgan fingerprint density at radius 2 is 1.69 bits per heavy atom. The zero-order valence-corrected chi connectivity index (χ0v) is 16.1. The molecule has 0 saturated carbocycles. The van der Waals surface area contributed by atoms with Crippen LogP contribution in [0.15, 0.2) is 60.9 Å². The van der Waals surface area contributed by atoms with Crippen LogP contribution in [0, 0.1) is 0 Å². The Kier molecular flexibility index (Phi) is 6.36. The summed E-state index contributed by atoms with van der Waals surface area (Å²) in [6.07, 6.45) is 1.33. The van der Waals surface area contributed by atoms with Gasteiger partial charge in [-0.15, -0.1) is 0 Å². The van der Waals surface area contributed by atoms with Gasteiger partial charge in [0.05, 0.1) is 7.11 Å². The van der Waals surface area contributed by atoms with Gasteiger partial charge in [0.1, 0.15) is 23.6 Å². The maximum Gasteiger partial charge on any atom is 0.274 e. The van der Waals surface area contributed by atoms with Crippen molar-refractivity contribution in [1.29, 1.82) is 0 Å². The Balaban J connectivity index is 1.63. The highest BCUT2D eigenvalue weighted by Gasteiger charge is 2.10. The normalized spacial score (nSPS) is 10.1. The number of carbonyl (C=O) groups excluding carboxylic acids is 2. The van der Waals surface area contributed by atoms with Gasteiger partial charge in [-0.3, -0.25) is 9.59 Å². The number of nitrogens with one attached hydrogen (secondary N) is 3. The lowest BCUT2D eigenvalue weighted by Crippen LogP contribution is -2.15. The van der Waals surface area contributed by atoms with Crippen LogP contribution in [0.25, 0.3) is 0 Å². The van der Waals surface area contributed by atoms with Crippen molar-refractivity contribution in [3.63, 3.8) is 0 Å². The molecule has 0 fully saturated rings. The largest absolute Gasteiger partial charge is 0.497 e. The van der Waals surface area contributed by atoms with E-state index < -0.39 is 0 Å². The molecular formula is C21H21N5O3. The first-order valence-electron chi connectivity index (χ1n) is 8.91. The lowest BCUT2D eigenvalue weighted by atomic mass is 10.2. The molecule has 1 aromatic heterocycles. The van der Waals surface area contributed by atoms with Gasteiger partial charge in [-0.1, -0.05) is 18.2 Å². The molecule has 0 unspecified atom stereocenters. The Bertz CT molecular complexity index is 1010. The van der Waals surface area contributed by atoms with E-state index in [0.717, 1.165) is 11.3 Å². The van der Waals surface area contributed by atoms with Crippen LogP contribution in [-0.2, 0) is 11.3 Å². The Morgan fingerprint density at radius 3 is 2.38 bits per heavy atom. The number of aromatic nitrogens is 2. The Labute approximate surface area is 168 Å². The minimum absolute atomic E-state index is 0.183. The molecule has 29 heavy (non-hydrogen) atoms. The topological polar surface area (TPSA) is 105 Å². The van der Waals surface area contributed by atoms with E-state index >= 15 is 0 Å². The molecule has 3 rings (SSSR count). The van der Waals surface area contributed by atoms with E-state index in [1.54, 1.807) is 37.4 Å². The minimum Gasteiger partial charge on any atom is -0.497 e. The third-order valence-corrected chi connectivity index (χ3v) is 3.97. The molecule has 8 heteroatoms. The van der Waals surface area contributed by atoms with E-state index in [1.165, 1.54) is 13.3 Å². The van der Waals surface area contributed by atoms with Crippen molar-refractivity contribution >= 4 is 29.0 Å². The number of anilines is 3. The van der Waals surface area contributed by atoms with Crippen LogP contribution in [0.3, 0.4) is 0 Å². The molecule has 0 atom stereocenters. The fraction of sp³-hybridized carbons (Fsp3) is 0.143. The standard InChI is InChI=1S/C21H21N5O3/c1-14(27)25-16-4-3-5-17(10-16)26-21(28)19-11-20(24-13-23-19)22-12-15-6-8-18(29-2)9-7-15/h3-11,13H,12H2,1-2H3,(H,25,27)(H,26,28)(H,22,23,24). The Morgan fingerprint density at radius 1 is 0.966 bits per heavy atom. The van der Waals surface area contributed by atoms with Crippen LogP contribution in [0.5, 0.6) is 5.75 Å². The van der Waals surface area contributed by atoms with Gasteiger partial charge in [0.2, 0.25) is 5.91 Å². The average molecular weight is 391 g/mol. The van der Waals surface area contributed by atoms with E-state index in [4.69, 9.17) is 4.74 Å². The number of hydrogen-bond donors (Lipinski definition) is 3. The van der Waals surface area contributed by atoms with Crippen LogP contribution in [-0.4, -0.2) is 28.9 Å². The second-order valence-corrected chi connectivity index (χ2v) is 6.21. The first-order valence-corrected chi connectivity index (χ1v) is 8.91. The second-order valence-electron chi connectivity index (χ2n) is 6.21. The summed E-state index contributed by atoms with van der Waals surface area (Å²) < 4.78 is 5.14. The molecule has 2 amide bonds. The molecular weight excluding hydrogens is 370 g/mol. The van der Waals surface area contributed by atoms with Gasteiger partial charge >= 0.3 is 0 Å². The van der Waals surface area contributed by atoms with E-state index in [-0.39, 0.29) is 17.5 Å². The Hall–Kier alpha value is -3.94. The van der Waals surface area contributed by atoms with Crippen molar-refractivity contribution in [2.45, 2.75) is 13.5 Å². The molecule has 148 valence electrons. The molecule has 0 radical (unpaired) electrons. The molecule has 0 aliphatic rings. The van der Waals surface area contributed by atoms with Gasteiger partial charge in [0.25, 0.3) is 5.91 Å². The maximum atomic E-state index is 12.5. The molecule has 0 saturated heterocycles. The second kappa shape index (κ2) is 9.32. The summed E-state index contributed by atoms with van der Waals surface area (Å²) in [7, 11) is 1.62. The smallest absolute Gasteiger partial charge is 0.274 e. The van der Waals surface area contributed by atoms with Crippen LogP contribution in [0.4, 0.5) is 17.2 Å². The molecule has 0 spiro atoms. The number of rotatable bonds is 7. The van der Waals surface area contributed by atoms with Crippen molar-refractivity contribution in [3.05, 3.63) is 72.2 Å². The minimum atomic E-state index is -0.375. The van der Waals surface area contributed by atoms with Crippen molar-refractivity contribution in [1.82, 2.24) is 9.97 Å². The predicted octanol–water partition coefficient (Wildman–Crippen LogP) is 3.31. The summed E-state index contributed by atoms with van der Waals surface area (Å²) in [5.74, 6) is 0.766. The van der Waals surface area contributed by atoms with Crippen molar-refractivity contribution in [2.24, 2.45) is 0 Å². The van der Waals surface area contributed by atoms with Gasteiger partial charge < -0.3 is 20.7 Å². The summed E-state index contributed by atoms with van der Waals surface area (Å²) in [5, 5.41) is 8.61. The summed E-state index contributed by atoms with van der Waals surface area (Å²) >= 11 is 0. The van der Waals surface area contributed by atoms with Crippen molar-refractivity contribution in [2.75, 3.05) is 23.1 Å². The summed E-state index contributed by atoms with van der Waals surface area (Å²) in [6.45, 7) is 1.97. The number of carbonyl (C=O) groups is 2. The SMILES string of the molecule is COc1ccc(CNc2cc(C(=O)Nc3cccc(NC(C)=O)c3)ncn2)cc1. The zero-order valence-electron chi connectivity index (χ0n) is 16.1. The molecule has 3 N–H and O–H groups in total. The number of amides is 2. The van der Waals surface area contributed by atoms with Crippen LogP contribution >= 0.6 is 0 Å². The van der Waals surface area contributed by atoms with Crippen LogP contribution in [0.1, 0.15) is 23.0 Å². The summed E-state index contributed by atoms with van der Waals surface area (Å²) in [6, 6.07) is 16.1. The first kappa shape index (κ1) is 19.8. The molecule has 3 aromatic rings. The fourth-order valence-electron chi connectivity index (χ4n) is 2.59. The van der Waals surface area contributed by atoms with Gasteiger partial charge in [-0.2, -0.15) is 0 Å². The number of nitrogens with zero attached hydrogens (tertiary/aromatic N) is 2. The third kappa shape index (κ3) is 5.77. The highest BCUT2D eigenvalue weighted by atomic mass is 16.5. The maximum absolute atomic E-state index is 12.5. The summed E-state index contributed by atoms with van der Waals surface area (Å²) in [5.41, 5.74) is 2.42. The number of benzene rings is 2. The molecule has 0 aliphatic carbocycles. The molecule has 0 bridgehead atoms. The lowest BCUT2D eigenvalue weighted by Gasteiger charge is -2.09. The predicted molar refractivity (Wildman–Crippen MR) is 111 cm³/mol. The number of hydrogen-bond acceptors (Lipinski definition) is 6. The summed E-state index contributed by atoms with van der Waals surface area (Å²) in [4.78, 5) is 31.9. The van der Waals surface area contributed by atoms with E-state index in [1.807, 2.05) is 24.3 Å². The van der Waals surface area contributed by atoms with E-state index in [0.29, 0.717) is 23.7 Å². The van der Waals surface area contributed by atoms with Gasteiger partial charge in [-0.25, -0.2) is 9.97 Å². The molecule has 0 aliphatic heterocycles. The average Bonchev–Trinajstić information content (AvgIpc) is 2.72. The quantitative estimate of drug-likeness (QED) is 0.571. The molecule has 8 nitrogen and oxygen atoms in total. The van der Waals surface area contributed by atoms with Crippen molar-refractivity contribution in [3.8, 4) is 5.75 Å². The van der Waals surface area contributed by atoms with Gasteiger partial charge in [0.15, 0.2) is 0 Å². The highest BCUT2D eigenvalue weighted by Crippen LogP contribution is 2.17. The fourth-order valence-corrected chi connectivity index (χ4v) is 2.59. The number of ether oxygens (including phenoxy) is 1. The van der Waals surface area contributed by atoms with Crippen molar-refractivity contribution < 1.29 is 14.3 Å². The first-order chi connectivity index (χ1) is 14.0. The molecule has 1 heterocycles. The van der Waals surface area contributed by atoms with Gasteiger partial charge in [0, 0.05) is 30.9 Å². The van der Waals surface area contributed by atoms with E-state index in [9.17, 15) is 9.59 Å². The monoisotopic (exact) mass is 391 g/mol. The molecule has 2 aromatic carbocycles. The van der Waals surface area contributed by atoms with Gasteiger partial charge in [-0.05, 0) is 35.9 Å². The lowest BCUT2D eigenvalue weighted by molar-refractivity contribution is -0.114. The highest BCUT2D eigenvalue weighted by molar-refractivity contribution is 6.03. The third-order valence-electron chi connectivity index (χ3n) is 3.97.